The van der Waals surface area contributed by atoms with Gasteiger partial charge in [-0.15, -0.1) is 11.3 Å². The van der Waals surface area contributed by atoms with Gasteiger partial charge in [-0.05, 0) is 19.8 Å². The van der Waals surface area contributed by atoms with Gasteiger partial charge in [0.05, 0.1) is 15.6 Å². The van der Waals surface area contributed by atoms with Crippen LogP contribution >= 0.6 is 11.3 Å². The highest BCUT2D eigenvalue weighted by Gasteiger charge is 2.33. The highest BCUT2D eigenvalue weighted by molar-refractivity contribution is 7.86. The fourth-order valence-electron chi connectivity index (χ4n) is 2.91. The Hall–Kier alpha value is -1.42. The Kier molecular flexibility index (Phi) is 4.95. The molecule has 0 amide bonds. The number of hydrogen-bond acceptors (Lipinski definition) is 6. The first-order valence-corrected chi connectivity index (χ1v) is 10.0. The van der Waals surface area contributed by atoms with Crippen LogP contribution < -0.4 is 0 Å². The molecule has 1 aliphatic rings. The monoisotopic (exact) mass is 367 g/mol. The van der Waals surface area contributed by atoms with Gasteiger partial charge in [0.2, 0.25) is 0 Å². The maximum atomic E-state index is 12.4. The van der Waals surface area contributed by atoms with Crippen LogP contribution in [0.4, 0.5) is 0 Å². The molecule has 1 saturated heterocycles. The molecule has 3 heterocycles. The second kappa shape index (κ2) is 6.83. The van der Waals surface area contributed by atoms with Crippen LogP contribution in [-0.4, -0.2) is 59.2 Å². The molecule has 0 saturated carbocycles. The summed E-state index contributed by atoms with van der Waals surface area (Å²) < 4.78 is 27.7. The predicted molar refractivity (Wildman–Crippen MR) is 94.0 cm³/mol. The second-order valence-corrected chi connectivity index (χ2v) is 9.40. The average molecular weight is 368 g/mol. The first-order valence-electron chi connectivity index (χ1n) is 7.81. The third-order valence-corrected chi connectivity index (χ3v) is 6.97. The van der Waals surface area contributed by atoms with Crippen molar-refractivity contribution in [3.05, 3.63) is 29.3 Å². The molecule has 0 radical (unpaired) electrons. The molecule has 24 heavy (non-hydrogen) atoms. The van der Waals surface area contributed by atoms with Crippen molar-refractivity contribution in [2.24, 2.45) is 0 Å². The minimum Gasteiger partial charge on any atom is -0.257 e. The lowest BCUT2D eigenvalue weighted by molar-refractivity contribution is 0.296. The molecule has 2 aromatic rings. The molecule has 7 nitrogen and oxygen atoms in total. The Morgan fingerprint density at radius 1 is 1.25 bits per heavy atom. The highest BCUT2D eigenvalue weighted by atomic mass is 32.2. The number of hydrogen-bond donors (Lipinski definition) is 0. The topological polar surface area (TPSA) is 79.3 Å². The molecule has 0 bridgehead atoms. The van der Waals surface area contributed by atoms with Crippen molar-refractivity contribution in [3.63, 3.8) is 0 Å². The summed E-state index contributed by atoms with van der Waals surface area (Å²) in [6.07, 6.45) is 6.88. The zero-order valence-corrected chi connectivity index (χ0v) is 15.6. The lowest BCUT2D eigenvalue weighted by Gasteiger charge is -2.33. The Bertz CT molecular complexity index is 819. The number of piperidine rings is 1. The van der Waals surface area contributed by atoms with Gasteiger partial charge in [0.25, 0.3) is 10.2 Å². The van der Waals surface area contributed by atoms with Gasteiger partial charge in [0, 0.05) is 51.7 Å². The molecule has 1 atom stereocenters. The maximum Gasteiger partial charge on any atom is 0.281 e. The van der Waals surface area contributed by atoms with Gasteiger partial charge in [-0.25, -0.2) is 4.98 Å². The normalized spacial score (nSPS) is 19.8. The molecule has 1 unspecified atom stereocenters. The summed E-state index contributed by atoms with van der Waals surface area (Å²) in [7, 11) is -0.281. The van der Waals surface area contributed by atoms with Crippen LogP contribution in [0.15, 0.2) is 18.6 Å². The number of aromatic nitrogens is 3. The van der Waals surface area contributed by atoms with Gasteiger partial charge in [0.1, 0.15) is 5.69 Å². The summed E-state index contributed by atoms with van der Waals surface area (Å²) in [6.45, 7) is 2.94. The molecule has 9 heteroatoms. The van der Waals surface area contributed by atoms with E-state index < -0.39 is 10.2 Å². The maximum absolute atomic E-state index is 12.4. The molecule has 3 rings (SSSR count). The predicted octanol–water partition coefficient (Wildman–Crippen LogP) is 1.89. The van der Waals surface area contributed by atoms with Crippen molar-refractivity contribution in [1.82, 2.24) is 23.6 Å². The first kappa shape index (κ1) is 17.4. The third-order valence-electron chi connectivity index (χ3n) is 4.14. The van der Waals surface area contributed by atoms with Gasteiger partial charge >= 0.3 is 0 Å². The lowest BCUT2D eigenvalue weighted by atomic mass is 9.94. The number of rotatable bonds is 4. The fraction of sp³-hybridized carbons (Fsp3) is 0.533. The molecule has 0 aromatic carbocycles. The summed E-state index contributed by atoms with van der Waals surface area (Å²) in [5.41, 5.74) is 1.68. The van der Waals surface area contributed by atoms with Gasteiger partial charge < -0.3 is 0 Å². The number of thiazole rings is 1. The quantitative estimate of drug-likeness (QED) is 0.824. The Morgan fingerprint density at radius 2 is 2.00 bits per heavy atom. The summed E-state index contributed by atoms with van der Waals surface area (Å²) >= 11 is 1.58. The largest absolute Gasteiger partial charge is 0.281 e. The lowest BCUT2D eigenvalue weighted by Crippen LogP contribution is -2.45. The van der Waals surface area contributed by atoms with Gasteiger partial charge in [0.15, 0.2) is 0 Å². The average Bonchev–Trinajstić information content (AvgIpc) is 3.01. The zero-order valence-electron chi connectivity index (χ0n) is 14.0. The van der Waals surface area contributed by atoms with Crippen LogP contribution in [0, 0.1) is 6.92 Å². The van der Waals surface area contributed by atoms with Crippen LogP contribution in [0.5, 0.6) is 0 Å². The molecule has 0 spiro atoms. The van der Waals surface area contributed by atoms with E-state index in [9.17, 15) is 8.42 Å². The van der Waals surface area contributed by atoms with E-state index in [1.165, 1.54) is 8.61 Å². The highest BCUT2D eigenvalue weighted by Crippen LogP contribution is 2.34. The van der Waals surface area contributed by atoms with E-state index in [0.717, 1.165) is 34.1 Å². The summed E-state index contributed by atoms with van der Waals surface area (Å²) in [5.74, 6) is 0.0413. The van der Waals surface area contributed by atoms with Crippen LogP contribution in [0.3, 0.4) is 0 Å². The zero-order chi connectivity index (χ0) is 17.3. The molecule has 1 aliphatic heterocycles. The van der Waals surface area contributed by atoms with E-state index in [1.54, 1.807) is 37.8 Å². The van der Waals surface area contributed by atoms with E-state index in [1.807, 2.05) is 13.1 Å². The van der Waals surface area contributed by atoms with E-state index in [4.69, 9.17) is 0 Å². The number of nitrogens with zero attached hydrogens (tertiary/aromatic N) is 5. The van der Waals surface area contributed by atoms with Crippen molar-refractivity contribution in [2.45, 2.75) is 25.7 Å². The van der Waals surface area contributed by atoms with E-state index in [-0.39, 0.29) is 5.92 Å². The molecule has 1 fully saturated rings. The molecule has 0 N–H and O–H groups in total. The van der Waals surface area contributed by atoms with Crippen LogP contribution in [-0.2, 0) is 10.2 Å². The van der Waals surface area contributed by atoms with Crippen molar-refractivity contribution < 1.29 is 8.42 Å². The summed E-state index contributed by atoms with van der Waals surface area (Å²) in [6, 6.07) is 0. The van der Waals surface area contributed by atoms with Crippen molar-refractivity contribution in [1.29, 1.82) is 0 Å². The Labute approximate surface area is 146 Å². The first-order chi connectivity index (χ1) is 11.4. The van der Waals surface area contributed by atoms with Crippen molar-refractivity contribution in [2.75, 3.05) is 27.2 Å². The third kappa shape index (κ3) is 3.34. The summed E-state index contributed by atoms with van der Waals surface area (Å²) in [5, 5.41) is 0.974. The van der Waals surface area contributed by atoms with Crippen LogP contribution in [0.2, 0.25) is 0 Å². The van der Waals surface area contributed by atoms with E-state index >= 15 is 0 Å². The molecular formula is C15H21N5O2S2. The molecule has 0 aliphatic carbocycles. The van der Waals surface area contributed by atoms with Crippen LogP contribution in [0.1, 0.15) is 29.5 Å². The van der Waals surface area contributed by atoms with Gasteiger partial charge in [-0.3, -0.25) is 9.97 Å². The second-order valence-electron chi connectivity index (χ2n) is 6.02. The van der Waals surface area contributed by atoms with Crippen molar-refractivity contribution >= 4 is 21.5 Å². The van der Waals surface area contributed by atoms with Crippen LogP contribution in [0.25, 0.3) is 10.6 Å². The Morgan fingerprint density at radius 3 is 2.67 bits per heavy atom. The Balaban J connectivity index is 1.92. The standard InChI is InChI=1S/C15H21N5O2S2/c1-11-18-9-13(23-11)15-14(16-6-7-17-15)12-5-4-8-20(10-12)24(21,22)19(2)3/h6-7,9,12H,4-5,8,10H2,1-3H3. The SMILES string of the molecule is Cc1ncc(-c2nccnc2C2CCCN(S(=O)(=O)N(C)C)C2)s1. The number of aryl methyl sites for hydroxylation is 1. The molecular weight excluding hydrogens is 346 g/mol. The molecule has 130 valence electrons. The minimum absolute atomic E-state index is 0.0413. The fourth-order valence-corrected chi connectivity index (χ4v) is 4.89. The van der Waals surface area contributed by atoms with E-state index in [0.29, 0.717) is 13.1 Å². The summed E-state index contributed by atoms with van der Waals surface area (Å²) in [4.78, 5) is 14.3. The smallest absolute Gasteiger partial charge is 0.257 e. The van der Waals surface area contributed by atoms with E-state index in [2.05, 4.69) is 15.0 Å². The minimum atomic E-state index is -3.41. The molecule has 2 aromatic heterocycles. The van der Waals surface area contributed by atoms with Gasteiger partial charge in [-0.1, -0.05) is 0 Å². The van der Waals surface area contributed by atoms with Gasteiger partial charge in [-0.2, -0.15) is 17.0 Å². The van der Waals surface area contributed by atoms with Crippen molar-refractivity contribution in [3.8, 4) is 10.6 Å².